The largest absolute Gasteiger partial charge is 0.273 e. The van der Waals surface area contributed by atoms with E-state index in [9.17, 15) is 4.79 Å². The van der Waals surface area contributed by atoms with Gasteiger partial charge >= 0.3 is 0 Å². The minimum absolute atomic E-state index is 0.0527. The minimum atomic E-state index is 0.0527. The van der Waals surface area contributed by atoms with E-state index >= 15 is 0 Å². The molecule has 2 aliphatic rings. The summed E-state index contributed by atoms with van der Waals surface area (Å²) >= 11 is 1.46. The highest BCUT2D eigenvalue weighted by molar-refractivity contribution is 8.15. The maximum atomic E-state index is 12.3. The SMILES string of the molecule is CC1=Nc2ccccc2CN1N=C1SCC(=O)N1c1ccccc1. The number of benzene rings is 2. The van der Waals surface area contributed by atoms with Gasteiger partial charge in [0.2, 0.25) is 5.91 Å². The van der Waals surface area contributed by atoms with Crippen LogP contribution in [-0.2, 0) is 11.3 Å². The van der Waals surface area contributed by atoms with Crippen LogP contribution in [0.15, 0.2) is 64.7 Å². The highest BCUT2D eigenvalue weighted by atomic mass is 32.2. The van der Waals surface area contributed by atoms with E-state index < -0.39 is 0 Å². The molecule has 0 atom stereocenters. The number of fused-ring (bicyclic) bond motifs is 1. The summed E-state index contributed by atoms with van der Waals surface area (Å²) in [6.07, 6.45) is 0. The molecule has 0 unspecified atom stereocenters. The van der Waals surface area contributed by atoms with E-state index in [2.05, 4.69) is 11.1 Å². The second kappa shape index (κ2) is 6.13. The molecule has 0 saturated carbocycles. The standard InChI is InChI=1S/C18H16N4OS/c1-13-19-16-10-6-5-7-14(16)11-21(13)20-18-22(17(23)12-24-18)15-8-3-2-4-9-15/h2-10H,11-12H2,1H3. The smallest absolute Gasteiger partial charge is 0.243 e. The Morgan fingerprint density at radius 3 is 2.67 bits per heavy atom. The summed E-state index contributed by atoms with van der Waals surface area (Å²) in [5.74, 6) is 1.29. The van der Waals surface area contributed by atoms with Gasteiger partial charge in [-0.15, -0.1) is 5.10 Å². The van der Waals surface area contributed by atoms with Crippen molar-refractivity contribution in [3.05, 3.63) is 60.2 Å². The second-order valence-corrected chi connectivity index (χ2v) is 6.52. The average molecular weight is 336 g/mol. The molecule has 0 aliphatic carbocycles. The lowest BCUT2D eigenvalue weighted by molar-refractivity contribution is -0.115. The molecule has 2 heterocycles. The second-order valence-electron chi connectivity index (χ2n) is 5.58. The van der Waals surface area contributed by atoms with Crippen LogP contribution in [-0.4, -0.2) is 27.7 Å². The monoisotopic (exact) mass is 336 g/mol. The first kappa shape index (κ1) is 15.0. The van der Waals surface area contributed by atoms with Crippen LogP contribution >= 0.6 is 11.8 Å². The van der Waals surface area contributed by atoms with Gasteiger partial charge in [0.15, 0.2) is 5.17 Å². The summed E-state index contributed by atoms with van der Waals surface area (Å²) in [4.78, 5) is 18.6. The topological polar surface area (TPSA) is 48.3 Å². The van der Waals surface area contributed by atoms with Gasteiger partial charge in [0, 0.05) is 0 Å². The van der Waals surface area contributed by atoms with Gasteiger partial charge < -0.3 is 0 Å². The van der Waals surface area contributed by atoms with Gasteiger partial charge in [-0.2, -0.15) is 0 Å². The summed E-state index contributed by atoms with van der Waals surface area (Å²) in [5, 5.41) is 7.27. The molecule has 24 heavy (non-hydrogen) atoms. The third kappa shape index (κ3) is 2.69. The Morgan fingerprint density at radius 2 is 1.83 bits per heavy atom. The molecule has 5 nitrogen and oxygen atoms in total. The highest BCUT2D eigenvalue weighted by Gasteiger charge is 2.31. The number of hydrogen-bond donors (Lipinski definition) is 0. The quantitative estimate of drug-likeness (QED) is 0.842. The number of carbonyl (C=O) groups excluding carboxylic acids is 1. The first-order valence-electron chi connectivity index (χ1n) is 7.72. The molecular weight excluding hydrogens is 320 g/mol. The maximum absolute atomic E-state index is 12.3. The number of aliphatic imine (C=N–C) groups is 1. The van der Waals surface area contributed by atoms with Gasteiger partial charge in [-0.3, -0.25) is 9.69 Å². The Morgan fingerprint density at radius 1 is 1.08 bits per heavy atom. The predicted molar refractivity (Wildman–Crippen MR) is 98.6 cm³/mol. The van der Waals surface area contributed by atoms with Crippen LogP contribution in [0.25, 0.3) is 0 Å². The lowest BCUT2D eigenvalue weighted by Gasteiger charge is -2.26. The van der Waals surface area contributed by atoms with Crippen LogP contribution in [0.3, 0.4) is 0 Å². The van der Waals surface area contributed by atoms with Crippen molar-refractivity contribution in [2.24, 2.45) is 10.1 Å². The molecule has 1 saturated heterocycles. The van der Waals surface area contributed by atoms with E-state index in [1.54, 1.807) is 4.90 Å². The fraction of sp³-hybridized carbons (Fsp3) is 0.167. The van der Waals surface area contributed by atoms with Crippen LogP contribution in [0, 0.1) is 0 Å². The van der Waals surface area contributed by atoms with Gasteiger partial charge in [0.25, 0.3) is 0 Å². The van der Waals surface area contributed by atoms with Crippen LogP contribution < -0.4 is 4.90 Å². The number of amides is 1. The highest BCUT2D eigenvalue weighted by Crippen LogP contribution is 2.29. The van der Waals surface area contributed by atoms with Crippen LogP contribution in [0.4, 0.5) is 11.4 Å². The maximum Gasteiger partial charge on any atom is 0.243 e. The zero-order valence-corrected chi connectivity index (χ0v) is 14.0. The lowest BCUT2D eigenvalue weighted by atomic mass is 10.1. The van der Waals surface area contributed by atoms with Crippen molar-refractivity contribution in [2.75, 3.05) is 10.7 Å². The number of anilines is 1. The lowest BCUT2D eigenvalue weighted by Crippen LogP contribution is -2.33. The molecule has 1 fully saturated rings. The van der Waals surface area contributed by atoms with Crippen LogP contribution in [0.2, 0.25) is 0 Å². The molecule has 0 N–H and O–H groups in total. The fourth-order valence-electron chi connectivity index (χ4n) is 2.74. The first-order chi connectivity index (χ1) is 11.7. The molecule has 6 heteroatoms. The average Bonchev–Trinajstić information content (AvgIpc) is 2.97. The van der Waals surface area contributed by atoms with Crippen molar-refractivity contribution in [1.29, 1.82) is 0 Å². The molecule has 120 valence electrons. The molecule has 2 aliphatic heterocycles. The van der Waals surface area contributed by atoms with E-state index in [1.807, 2.05) is 60.5 Å². The third-order valence-corrected chi connectivity index (χ3v) is 4.87. The molecule has 0 aromatic heterocycles. The van der Waals surface area contributed by atoms with E-state index in [1.165, 1.54) is 11.8 Å². The number of hydrogen-bond acceptors (Lipinski definition) is 5. The predicted octanol–water partition coefficient (Wildman–Crippen LogP) is 3.60. The Kier molecular flexibility index (Phi) is 3.82. The zero-order chi connectivity index (χ0) is 16.5. The summed E-state index contributed by atoms with van der Waals surface area (Å²) in [7, 11) is 0. The van der Waals surface area contributed by atoms with E-state index in [0.717, 1.165) is 22.8 Å². The number of hydrazone groups is 1. The van der Waals surface area contributed by atoms with Gasteiger partial charge in [-0.25, -0.2) is 10.0 Å². The van der Waals surface area contributed by atoms with Crippen molar-refractivity contribution in [3.63, 3.8) is 0 Å². The minimum Gasteiger partial charge on any atom is -0.273 e. The fourth-order valence-corrected chi connectivity index (χ4v) is 3.61. The molecule has 0 radical (unpaired) electrons. The number of nitrogens with zero attached hydrogens (tertiary/aromatic N) is 4. The van der Waals surface area contributed by atoms with Crippen LogP contribution in [0.5, 0.6) is 0 Å². The van der Waals surface area contributed by atoms with Crippen LogP contribution in [0.1, 0.15) is 12.5 Å². The Bertz CT molecular complexity index is 847. The number of amidine groups is 2. The Balaban J connectivity index is 1.67. The molecule has 2 aromatic carbocycles. The molecule has 2 aromatic rings. The van der Waals surface area contributed by atoms with Crippen molar-refractivity contribution >= 4 is 40.0 Å². The van der Waals surface area contributed by atoms with Crippen molar-refractivity contribution < 1.29 is 4.79 Å². The Hall–Kier alpha value is -2.60. The summed E-state index contributed by atoms with van der Waals surface area (Å²) in [6.45, 7) is 2.60. The van der Waals surface area contributed by atoms with Gasteiger partial charge in [0.05, 0.1) is 23.7 Å². The van der Waals surface area contributed by atoms with Gasteiger partial charge in [-0.1, -0.05) is 48.2 Å². The third-order valence-electron chi connectivity index (χ3n) is 3.95. The summed E-state index contributed by atoms with van der Waals surface area (Å²) in [5.41, 5.74) is 2.97. The molecule has 4 rings (SSSR count). The molecule has 0 spiro atoms. The first-order valence-corrected chi connectivity index (χ1v) is 8.71. The summed E-state index contributed by atoms with van der Waals surface area (Å²) in [6, 6.07) is 17.7. The van der Waals surface area contributed by atoms with Gasteiger partial charge in [0.1, 0.15) is 5.84 Å². The van der Waals surface area contributed by atoms with E-state index in [0.29, 0.717) is 17.5 Å². The van der Waals surface area contributed by atoms with Crippen molar-refractivity contribution in [3.8, 4) is 0 Å². The summed E-state index contributed by atoms with van der Waals surface area (Å²) < 4.78 is 0. The van der Waals surface area contributed by atoms with E-state index in [4.69, 9.17) is 5.10 Å². The molecule has 0 bridgehead atoms. The zero-order valence-electron chi connectivity index (χ0n) is 13.2. The number of thioether (sulfide) groups is 1. The van der Waals surface area contributed by atoms with Crippen molar-refractivity contribution in [1.82, 2.24) is 5.01 Å². The Labute approximate surface area is 144 Å². The molecular formula is C18H16N4OS. The van der Waals surface area contributed by atoms with Crippen molar-refractivity contribution in [2.45, 2.75) is 13.5 Å². The molecule has 1 amide bonds. The normalized spacial score (nSPS) is 18.8. The number of para-hydroxylation sites is 2. The van der Waals surface area contributed by atoms with E-state index in [-0.39, 0.29) is 5.91 Å². The number of carbonyl (C=O) groups is 1. The van der Waals surface area contributed by atoms with Gasteiger partial charge in [-0.05, 0) is 30.7 Å². The number of rotatable bonds is 2.